The van der Waals surface area contributed by atoms with Gasteiger partial charge < -0.3 is 19.7 Å². The van der Waals surface area contributed by atoms with Crippen molar-refractivity contribution in [3.8, 4) is 0 Å². The van der Waals surface area contributed by atoms with Crippen LogP contribution in [0.5, 0.6) is 0 Å². The number of aliphatic carboxylic acids is 1. The first-order chi connectivity index (χ1) is 13.5. The molecule has 2 heterocycles. The van der Waals surface area contributed by atoms with Crippen molar-refractivity contribution >= 4 is 17.8 Å². The molecule has 2 aromatic rings. The number of ketones is 1. The fourth-order valence-electron chi connectivity index (χ4n) is 4.23. The summed E-state index contributed by atoms with van der Waals surface area (Å²) < 4.78 is 7.17. The van der Waals surface area contributed by atoms with Gasteiger partial charge in [0.15, 0.2) is 0 Å². The summed E-state index contributed by atoms with van der Waals surface area (Å²) >= 11 is 0. The molecule has 7 heteroatoms. The first kappa shape index (κ1) is 18.3. The molecular formula is C21H22N2O5. The standard InChI is InChI=1S/C21H22N2O5/c24-17-10-15(20(25)26)11-23-9-8-14-6-7-16(18(17)19(14)23)22-21(27)28-12-13-4-2-1-3-5-13/h1-5,8-9,15-16,18H,6-7,10-12H2,(H,22,27)(H,25,26). The van der Waals surface area contributed by atoms with Gasteiger partial charge in [-0.3, -0.25) is 9.59 Å². The molecule has 0 radical (unpaired) electrons. The first-order valence-corrected chi connectivity index (χ1v) is 9.43. The lowest BCUT2D eigenvalue weighted by Crippen LogP contribution is -2.45. The van der Waals surface area contributed by atoms with Crippen LogP contribution in [0.1, 0.15) is 35.6 Å². The number of hydrogen-bond donors (Lipinski definition) is 2. The summed E-state index contributed by atoms with van der Waals surface area (Å²) in [6.07, 6.45) is 2.60. The van der Waals surface area contributed by atoms with Crippen LogP contribution >= 0.6 is 0 Å². The van der Waals surface area contributed by atoms with Crippen LogP contribution in [0.15, 0.2) is 42.6 Å². The number of aromatic nitrogens is 1. The van der Waals surface area contributed by atoms with Crippen LogP contribution < -0.4 is 5.32 Å². The summed E-state index contributed by atoms with van der Waals surface area (Å²) in [7, 11) is 0. The fourth-order valence-corrected chi connectivity index (χ4v) is 4.23. The highest BCUT2D eigenvalue weighted by Gasteiger charge is 2.42. The number of hydrogen-bond acceptors (Lipinski definition) is 4. The van der Waals surface area contributed by atoms with Crippen molar-refractivity contribution in [2.45, 2.75) is 44.4 Å². The number of carboxylic acids is 1. The van der Waals surface area contributed by atoms with Gasteiger partial charge in [-0.2, -0.15) is 0 Å². The number of nitrogens with zero attached hydrogens (tertiary/aromatic N) is 1. The zero-order valence-corrected chi connectivity index (χ0v) is 15.3. The van der Waals surface area contributed by atoms with E-state index in [1.807, 2.05) is 47.2 Å². The van der Waals surface area contributed by atoms with Crippen LogP contribution in [-0.4, -0.2) is 33.6 Å². The van der Waals surface area contributed by atoms with Crippen LogP contribution in [0.25, 0.3) is 0 Å². The molecule has 0 saturated heterocycles. The number of alkyl carbamates (subject to hydrolysis) is 1. The zero-order chi connectivity index (χ0) is 19.7. The molecule has 1 aromatic carbocycles. The number of benzene rings is 1. The van der Waals surface area contributed by atoms with Crippen molar-refractivity contribution in [1.29, 1.82) is 0 Å². The summed E-state index contributed by atoms with van der Waals surface area (Å²) in [5.41, 5.74) is 2.78. The number of nitrogens with one attached hydrogen (secondary N) is 1. The van der Waals surface area contributed by atoms with Gasteiger partial charge in [0.25, 0.3) is 0 Å². The Bertz CT molecular complexity index is 905. The molecule has 1 aliphatic heterocycles. The second-order valence-corrected chi connectivity index (χ2v) is 7.41. The minimum atomic E-state index is -0.971. The third kappa shape index (κ3) is 3.52. The number of rotatable bonds is 4. The number of carbonyl (C=O) groups is 3. The van der Waals surface area contributed by atoms with E-state index in [0.717, 1.165) is 23.2 Å². The van der Waals surface area contributed by atoms with Gasteiger partial charge in [-0.15, -0.1) is 0 Å². The van der Waals surface area contributed by atoms with Crippen molar-refractivity contribution < 1.29 is 24.2 Å². The average Bonchev–Trinajstić information content (AvgIpc) is 3.01. The van der Waals surface area contributed by atoms with E-state index in [-0.39, 0.29) is 25.4 Å². The number of amides is 1. The van der Waals surface area contributed by atoms with E-state index in [1.54, 1.807) is 0 Å². The predicted molar refractivity (Wildman–Crippen MR) is 99.8 cm³/mol. The maximum absolute atomic E-state index is 12.9. The Kier molecular flexibility index (Phi) is 4.90. The van der Waals surface area contributed by atoms with Crippen molar-refractivity contribution in [2.75, 3.05) is 0 Å². The summed E-state index contributed by atoms with van der Waals surface area (Å²) in [5.74, 6) is -2.40. The molecular weight excluding hydrogens is 360 g/mol. The van der Waals surface area contributed by atoms with Crippen LogP contribution in [0.2, 0.25) is 0 Å². The maximum Gasteiger partial charge on any atom is 0.407 e. The highest BCUT2D eigenvalue weighted by molar-refractivity contribution is 5.91. The molecule has 7 nitrogen and oxygen atoms in total. The SMILES string of the molecule is O=C(NC1CCc2ccn3c2C1C(=O)CC(C(=O)O)C3)OCc1ccccc1. The van der Waals surface area contributed by atoms with Crippen LogP contribution in [0.3, 0.4) is 0 Å². The highest BCUT2D eigenvalue weighted by Crippen LogP contribution is 2.38. The molecule has 146 valence electrons. The molecule has 3 atom stereocenters. The van der Waals surface area contributed by atoms with E-state index in [2.05, 4.69) is 5.32 Å². The molecule has 1 amide bonds. The topological polar surface area (TPSA) is 97.6 Å². The quantitative estimate of drug-likeness (QED) is 0.847. The Morgan fingerprint density at radius 2 is 2.00 bits per heavy atom. The molecule has 1 aliphatic carbocycles. The summed E-state index contributed by atoms with van der Waals surface area (Å²) in [4.78, 5) is 36.7. The minimum absolute atomic E-state index is 0.0294. The van der Waals surface area contributed by atoms with Gasteiger partial charge >= 0.3 is 12.1 Å². The third-order valence-corrected chi connectivity index (χ3v) is 5.59. The minimum Gasteiger partial charge on any atom is -0.481 e. The van der Waals surface area contributed by atoms with Crippen molar-refractivity contribution in [2.24, 2.45) is 5.92 Å². The molecule has 2 N–H and O–H groups in total. The Morgan fingerprint density at radius 1 is 1.21 bits per heavy atom. The summed E-state index contributed by atoms with van der Waals surface area (Å²) in [5, 5.41) is 12.3. The Morgan fingerprint density at radius 3 is 2.75 bits per heavy atom. The zero-order valence-electron chi connectivity index (χ0n) is 15.3. The van der Waals surface area contributed by atoms with Crippen LogP contribution in [0, 0.1) is 5.92 Å². The van der Waals surface area contributed by atoms with Crippen molar-refractivity contribution in [1.82, 2.24) is 9.88 Å². The average molecular weight is 382 g/mol. The summed E-state index contributed by atoms with van der Waals surface area (Å²) in [6, 6.07) is 10.9. The lowest BCUT2D eigenvalue weighted by atomic mass is 9.79. The molecule has 4 rings (SSSR count). The molecule has 3 unspecified atom stereocenters. The molecule has 28 heavy (non-hydrogen) atoms. The Hall–Kier alpha value is -3.09. The van der Waals surface area contributed by atoms with E-state index >= 15 is 0 Å². The maximum atomic E-state index is 12.9. The van der Waals surface area contributed by atoms with Crippen molar-refractivity contribution in [3.05, 3.63) is 59.4 Å². The van der Waals surface area contributed by atoms with Gasteiger partial charge in [0.1, 0.15) is 12.4 Å². The molecule has 1 aromatic heterocycles. The largest absolute Gasteiger partial charge is 0.481 e. The number of carboxylic acid groups (broad SMARTS) is 1. The number of carbonyl (C=O) groups excluding carboxylic acids is 2. The highest BCUT2D eigenvalue weighted by atomic mass is 16.5. The predicted octanol–water partition coefficient (Wildman–Crippen LogP) is 2.49. The Labute approximate surface area is 162 Å². The fraction of sp³-hybridized carbons (Fsp3) is 0.381. The molecule has 0 fully saturated rings. The summed E-state index contributed by atoms with van der Waals surface area (Å²) in [6.45, 7) is 0.429. The first-order valence-electron chi connectivity index (χ1n) is 9.43. The number of Topliss-reactive ketones (excluding diaryl/α,β-unsaturated/α-hetero) is 1. The monoisotopic (exact) mass is 382 g/mol. The normalized spacial score (nSPS) is 23.4. The second-order valence-electron chi connectivity index (χ2n) is 7.41. The lowest BCUT2D eigenvalue weighted by Gasteiger charge is -2.31. The van der Waals surface area contributed by atoms with E-state index in [0.29, 0.717) is 6.42 Å². The van der Waals surface area contributed by atoms with E-state index < -0.39 is 29.9 Å². The molecule has 0 bridgehead atoms. The van der Waals surface area contributed by atoms with Gasteiger partial charge in [0.05, 0.1) is 11.8 Å². The van der Waals surface area contributed by atoms with Crippen molar-refractivity contribution in [3.63, 3.8) is 0 Å². The van der Waals surface area contributed by atoms with E-state index in [1.165, 1.54) is 0 Å². The molecule has 0 saturated carbocycles. The van der Waals surface area contributed by atoms with Crippen LogP contribution in [0.4, 0.5) is 4.79 Å². The van der Waals surface area contributed by atoms with E-state index in [4.69, 9.17) is 4.74 Å². The van der Waals surface area contributed by atoms with Gasteiger partial charge in [-0.1, -0.05) is 30.3 Å². The van der Waals surface area contributed by atoms with Gasteiger partial charge in [0, 0.05) is 30.9 Å². The number of ether oxygens (including phenoxy) is 1. The third-order valence-electron chi connectivity index (χ3n) is 5.59. The number of aryl methyl sites for hydroxylation is 1. The second kappa shape index (κ2) is 7.50. The van der Waals surface area contributed by atoms with E-state index in [9.17, 15) is 19.5 Å². The Balaban J connectivity index is 1.50. The smallest absolute Gasteiger partial charge is 0.407 e. The van der Waals surface area contributed by atoms with Gasteiger partial charge in [0.2, 0.25) is 0 Å². The van der Waals surface area contributed by atoms with Gasteiger partial charge in [-0.05, 0) is 30.0 Å². The lowest BCUT2D eigenvalue weighted by molar-refractivity contribution is -0.144. The van der Waals surface area contributed by atoms with Gasteiger partial charge in [-0.25, -0.2) is 4.79 Å². The molecule has 0 spiro atoms. The molecule has 2 aliphatic rings. The van der Waals surface area contributed by atoms with Crippen LogP contribution in [-0.2, 0) is 33.9 Å².